The average molecular weight is 486 g/mol. The molecule has 0 aliphatic carbocycles. The maximum atomic E-state index is 13.5. The standard InChI is InChI=1S/C25H30F3N7/c1-5-35(17(2)3)24-31-21(19-9-6-8-18(4)16-19)30-23(32-24)34-14-12-33(13-15-34)22-20(25(26,27)28)10-7-11-29-22/h6-11,16-17H,5,12-15H2,1-4H3. The molecule has 3 aromatic rings. The summed E-state index contributed by atoms with van der Waals surface area (Å²) < 4.78 is 40.5. The Bertz CT molecular complexity index is 1160. The number of pyridine rings is 1. The van der Waals surface area contributed by atoms with Crippen LogP contribution >= 0.6 is 0 Å². The quantitative estimate of drug-likeness (QED) is 0.496. The molecule has 1 aromatic carbocycles. The van der Waals surface area contributed by atoms with E-state index in [1.165, 1.54) is 12.3 Å². The van der Waals surface area contributed by atoms with Crippen molar-refractivity contribution in [3.05, 3.63) is 53.7 Å². The van der Waals surface area contributed by atoms with Gasteiger partial charge in [0.1, 0.15) is 5.82 Å². The van der Waals surface area contributed by atoms with E-state index in [-0.39, 0.29) is 11.9 Å². The molecule has 3 heterocycles. The van der Waals surface area contributed by atoms with Crippen LogP contribution in [0.2, 0.25) is 0 Å². The van der Waals surface area contributed by atoms with Gasteiger partial charge in [-0.25, -0.2) is 4.98 Å². The van der Waals surface area contributed by atoms with E-state index >= 15 is 0 Å². The average Bonchev–Trinajstić information content (AvgIpc) is 2.84. The van der Waals surface area contributed by atoms with Crippen LogP contribution in [0.3, 0.4) is 0 Å². The summed E-state index contributed by atoms with van der Waals surface area (Å²) in [5.74, 6) is 1.67. The summed E-state index contributed by atoms with van der Waals surface area (Å²) in [7, 11) is 0. The second-order valence-corrected chi connectivity index (χ2v) is 8.85. The maximum absolute atomic E-state index is 13.5. The van der Waals surface area contributed by atoms with E-state index in [1.807, 2.05) is 36.1 Å². The number of benzene rings is 1. The monoisotopic (exact) mass is 485 g/mol. The highest BCUT2D eigenvalue weighted by atomic mass is 19.4. The van der Waals surface area contributed by atoms with E-state index in [9.17, 15) is 13.2 Å². The van der Waals surface area contributed by atoms with Gasteiger partial charge in [-0.3, -0.25) is 0 Å². The molecular formula is C25H30F3N7. The van der Waals surface area contributed by atoms with Gasteiger partial charge in [0.25, 0.3) is 0 Å². The van der Waals surface area contributed by atoms with Gasteiger partial charge >= 0.3 is 6.18 Å². The number of anilines is 3. The summed E-state index contributed by atoms with van der Waals surface area (Å²) in [6.45, 7) is 10.7. The molecule has 4 rings (SSSR count). The molecule has 0 bridgehead atoms. The number of hydrogen-bond donors (Lipinski definition) is 0. The van der Waals surface area contributed by atoms with Gasteiger partial charge in [0.2, 0.25) is 11.9 Å². The first-order valence-corrected chi connectivity index (χ1v) is 11.8. The van der Waals surface area contributed by atoms with Crippen molar-refractivity contribution < 1.29 is 13.2 Å². The molecule has 1 fully saturated rings. The van der Waals surface area contributed by atoms with Crippen LogP contribution in [-0.4, -0.2) is 58.7 Å². The Morgan fingerprint density at radius 1 is 0.971 bits per heavy atom. The van der Waals surface area contributed by atoms with E-state index in [0.717, 1.165) is 23.7 Å². The zero-order valence-electron chi connectivity index (χ0n) is 20.4. The number of aryl methyl sites for hydroxylation is 1. The van der Waals surface area contributed by atoms with E-state index in [2.05, 4.69) is 30.7 Å². The van der Waals surface area contributed by atoms with Crippen molar-refractivity contribution in [1.82, 2.24) is 19.9 Å². The number of halogens is 3. The summed E-state index contributed by atoms with van der Waals surface area (Å²) in [4.78, 5) is 24.1. The SMILES string of the molecule is CCN(c1nc(-c2cccc(C)c2)nc(N2CCN(c3ncccc3C(F)(F)F)CC2)n1)C(C)C. The van der Waals surface area contributed by atoms with Gasteiger partial charge in [0, 0.05) is 50.5 Å². The van der Waals surface area contributed by atoms with Gasteiger partial charge in [-0.15, -0.1) is 0 Å². The molecule has 0 saturated carbocycles. The summed E-state index contributed by atoms with van der Waals surface area (Å²) in [5.41, 5.74) is 1.29. The van der Waals surface area contributed by atoms with Crippen LogP contribution in [-0.2, 0) is 6.18 Å². The van der Waals surface area contributed by atoms with E-state index < -0.39 is 11.7 Å². The summed E-state index contributed by atoms with van der Waals surface area (Å²) >= 11 is 0. The predicted octanol–water partition coefficient (Wildman–Crippen LogP) is 4.82. The molecule has 10 heteroatoms. The van der Waals surface area contributed by atoms with Gasteiger partial charge in [0.05, 0.1) is 5.56 Å². The Hall–Kier alpha value is -3.43. The second kappa shape index (κ2) is 10.1. The third kappa shape index (κ3) is 5.47. The first kappa shape index (κ1) is 24.7. The third-order valence-electron chi connectivity index (χ3n) is 6.06. The van der Waals surface area contributed by atoms with Gasteiger partial charge in [0.15, 0.2) is 5.82 Å². The minimum absolute atomic E-state index is 0.0339. The van der Waals surface area contributed by atoms with Crippen molar-refractivity contribution in [2.24, 2.45) is 0 Å². The van der Waals surface area contributed by atoms with Crippen LogP contribution < -0.4 is 14.7 Å². The molecule has 1 aliphatic heterocycles. The summed E-state index contributed by atoms with van der Waals surface area (Å²) in [5, 5.41) is 0. The lowest BCUT2D eigenvalue weighted by atomic mass is 10.1. The molecule has 0 radical (unpaired) electrons. The Morgan fingerprint density at radius 2 is 1.69 bits per heavy atom. The predicted molar refractivity (Wildman–Crippen MR) is 132 cm³/mol. The Balaban J connectivity index is 1.64. The number of hydrogen-bond acceptors (Lipinski definition) is 7. The fraction of sp³-hybridized carbons (Fsp3) is 0.440. The minimum atomic E-state index is -4.45. The van der Waals surface area contributed by atoms with Crippen molar-refractivity contribution >= 4 is 17.7 Å². The molecule has 0 N–H and O–H groups in total. The lowest BCUT2D eigenvalue weighted by molar-refractivity contribution is -0.137. The Labute approximate surface area is 203 Å². The summed E-state index contributed by atoms with van der Waals surface area (Å²) in [6.07, 6.45) is -3.05. The third-order valence-corrected chi connectivity index (χ3v) is 6.06. The first-order valence-electron chi connectivity index (χ1n) is 11.8. The Kier molecular flexibility index (Phi) is 7.09. The van der Waals surface area contributed by atoms with E-state index in [0.29, 0.717) is 43.9 Å². The van der Waals surface area contributed by atoms with Crippen LogP contribution in [0.5, 0.6) is 0 Å². The van der Waals surface area contributed by atoms with Gasteiger partial charge < -0.3 is 14.7 Å². The van der Waals surface area contributed by atoms with Crippen LogP contribution in [0, 0.1) is 6.92 Å². The number of piperazine rings is 1. The second-order valence-electron chi connectivity index (χ2n) is 8.85. The number of alkyl halides is 3. The lowest BCUT2D eigenvalue weighted by Crippen LogP contribution is -2.48. The van der Waals surface area contributed by atoms with Crippen molar-refractivity contribution in [1.29, 1.82) is 0 Å². The summed E-state index contributed by atoms with van der Waals surface area (Å²) in [6, 6.07) is 10.6. The van der Waals surface area contributed by atoms with Crippen LogP contribution in [0.15, 0.2) is 42.6 Å². The largest absolute Gasteiger partial charge is 0.419 e. The Morgan fingerprint density at radius 3 is 2.31 bits per heavy atom. The van der Waals surface area contributed by atoms with Crippen molar-refractivity contribution in [3.63, 3.8) is 0 Å². The van der Waals surface area contributed by atoms with Crippen LogP contribution in [0.1, 0.15) is 31.9 Å². The number of rotatable bonds is 6. The lowest BCUT2D eigenvalue weighted by Gasteiger charge is -2.36. The van der Waals surface area contributed by atoms with Crippen LogP contribution in [0.4, 0.5) is 30.9 Å². The highest BCUT2D eigenvalue weighted by molar-refractivity contribution is 5.60. The molecule has 0 atom stereocenters. The molecule has 0 spiro atoms. The zero-order chi connectivity index (χ0) is 25.2. The fourth-order valence-electron chi connectivity index (χ4n) is 4.26. The van der Waals surface area contributed by atoms with E-state index in [4.69, 9.17) is 15.0 Å². The highest BCUT2D eigenvalue weighted by Crippen LogP contribution is 2.35. The van der Waals surface area contributed by atoms with Crippen molar-refractivity contribution in [2.45, 2.75) is 39.9 Å². The molecule has 2 aromatic heterocycles. The fourth-order valence-corrected chi connectivity index (χ4v) is 4.26. The molecule has 35 heavy (non-hydrogen) atoms. The molecule has 1 aliphatic rings. The smallest absolute Gasteiger partial charge is 0.353 e. The topological polar surface area (TPSA) is 61.3 Å². The highest BCUT2D eigenvalue weighted by Gasteiger charge is 2.36. The molecular weight excluding hydrogens is 455 g/mol. The number of aromatic nitrogens is 4. The first-order chi connectivity index (χ1) is 16.7. The molecule has 186 valence electrons. The van der Waals surface area contributed by atoms with Gasteiger partial charge in [-0.2, -0.15) is 28.1 Å². The molecule has 0 amide bonds. The molecule has 1 saturated heterocycles. The molecule has 0 unspecified atom stereocenters. The van der Waals surface area contributed by atoms with Gasteiger partial charge in [-0.05, 0) is 45.9 Å². The minimum Gasteiger partial charge on any atom is -0.353 e. The van der Waals surface area contributed by atoms with Gasteiger partial charge in [-0.1, -0.05) is 23.8 Å². The molecule has 7 nitrogen and oxygen atoms in total. The normalized spacial score (nSPS) is 14.5. The van der Waals surface area contributed by atoms with E-state index in [1.54, 1.807) is 4.90 Å². The maximum Gasteiger partial charge on any atom is 0.419 e. The van der Waals surface area contributed by atoms with Crippen molar-refractivity contribution in [2.75, 3.05) is 47.4 Å². The van der Waals surface area contributed by atoms with Crippen LogP contribution in [0.25, 0.3) is 11.4 Å². The van der Waals surface area contributed by atoms with Crippen molar-refractivity contribution in [3.8, 4) is 11.4 Å². The number of nitrogens with zero attached hydrogens (tertiary/aromatic N) is 7. The zero-order valence-corrected chi connectivity index (χ0v) is 20.4.